The standard InChI is InChI=1S/C29H34N8O6S/c1-36(2)25-23-26(31-15-30-25)37(16-32-23)28-24(39)22(21(14-38)43-28)34-27(40)20(13-17-9-11-18(42-3)12-10-17)33-29(41)35-44-19-7-5-4-6-8-19/h4-12,15-16,20-22,24,28,38-39H,13-14H2,1-3H3,(H,34,40)(H2,33,35,41)/t20?,21-,22-,24-,28-/m1/s1. The lowest BCUT2D eigenvalue weighted by Crippen LogP contribution is -2.56. The normalized spacial score (nSPS) is 20.2. The van der Waals surface area contributed by atoms with E-state index in [1.54, 1.807) is 40.8 Å². The van der Waals surface area contributed by atoms with Crippen LogP contribution in [0.4, 0.5) is 10.6 Å². The van der Waals surface area contributed by atoms with Crippen molar-refractivity contribution in [2.45, 2.75) is 41.8 Å². The van der Waals surface area contributed by atoms with Crippen LogP contribution in [0.3, 0.4) is 0 Å². The number of aliphatic hydroxyl groups is 2. The van der Waals surface area contributed by atoms with Crippen LogP contribution in [0.25, 0.3) is 11.2 Å². The van der Waals surface area contributed by atoms with Crippen molar-refractivity contribution in [3.63, 3.8) is 0 Å². The Morgan fingerprint density at radius 3 is 2.55 bits per heavy atom. The fraction of sp³-hybridized carbons (Fsp3) is 0.345. The molecule has 14 nitrogen and oxygen atoms in total. The molecule has 15 heteroatoms. The molecule has 1 saturated heterocycles. The first-order chi connectivity index (χ1) is 21.3. The summed E-state index contributed by atoms with van der Waals surface area (Å²) in [6.45, 7) is -0.478. The number of carbonyl (C=O) groups is 2. The van der Waals surface area contributed by atoms with Gasteiger partial charge in [-0.15, -0.1) is 0 Å². The van der Waals surface area contributed by atoms with E-state index in [-0.39, 0.29) is 6.42 Å². The fourth-order valence-electron chi connectivity index (χ4n) is 4.91. The predicted molar refractivity (Wildman–Crippen MR) is 163 cm³/mol. The SMILES string of the molecule is COc1ccc(CC(NC(=O)NSc2ccccc2)C(=O)N[C@H]2[C@@H](O)[C@H](n3cnc4c(N(C)C)ncnc43)O[C@@H]2CO)cc1. The number of methoxy groups -OCH3 is 1. The minimum Gasteiger partial charge on any atom is -0.497 e. The summed E-state index contributed by atoms with van der Waals surface area (Å²) in [6, 6.07) is 13.8. The lowest BCUT2D eigenvalue weighted by atomic mass is 10.0. The molecule has 232 valence electrons. The second kappa shape index (κ2) is 13.9. The third kappa shape index (κ3) is 6.86. The van der Waals surface area contributed by atoms with Gasteiger partial charge in [-0.25, -0.2) is 19.7 Å². The minimum atomic E-state index is -1.28. The average molecular weight is 623 g/mol. The van der Waals surface area contributed by atoms with Crippen LogP contribution in [-0.2, 0) is 16.0 Å². The van der Waals surface area contributed by atoms with E-state index in [0.29, 0.717) is 22.7 Å². The molecule has 0 radical (unpaired) electrons. The summed E-state index contributed by atoms with van der Waals surface area (Å²) < 4.78 is 15.5. The highest BCUT2D eigenvalue weighted by Crippen LogP contribution is 2.32. The molecule has 3 heterocycles. The lowest BCUT2D eigenvalue weighted by molar-refractivity contribution is -0.124. The first-order valence-corrected chi connectivity index (χ1v) is 14.6. The number of urea groups is 1. The summed E-state index contributed by atoms with van der Waals surface area (Å²) in [5, 5.41) is 27.0. The molecule has 0 bridgehead atoms. The molecule has 2 aromatic heterocycles. The van der Waals surface area contributed by atoms with Gasteiger partial charge in [0.2, 0.25) is 5.91 Å². The van der Waals surface area contributed by atoms with E-state index in [2.05, 4.69) is 30.3 Å². The van der Waals surface area contributed by atoms with Crippen LogP contribution in [0.5, 0.6) is 5.75 Å². The summed E-state index contributed by atoms with van der Waals surface area (Å²) in [5.41, 5.74) is 1.69. The van der Waals surface area contributed by atoms with E-state index in [4.69, 9.17) is 9.47 Å². The van der Waals surface area contributed by atoms with Crippen LogP contribution in [0, 0.1) is 0 Å². The Labute approximate surface area is 257 Å². The molecule has 0 aliphatic carbocycles. The molecule has 5 atom stereocenters. The number of aromatic nitrogens is 4. The highest BCUT2D eigenvalue weighted by atomic mass is 32.2. The molecule has 0 saturated carbocycles. The van der Waals surface area contributed by atoms with Gasteiger partial charge in [0.1, 0.15) is 30.3 Å². The number of hydrogen-bond donors (Lipinski definition) is 5. The Bertz CT molecular complexity index is 1570. The van der Waals surface area contributed by atoms with Gasteiger partial charge in [-0.1, -0.05) is 30.3 Å². The van der Waals surface area contributed by atoms with Crippen LogP contribution >= 0.6 is 11.9 Å². The summed E-state index contributed by atoms with van der Waals surface area (Å²) in [6.07, 6.45) is -0.234. The molecule has 0 spiro atoms. The number of benzene rings is 2. The van der Waals surface area contributed by atoms with Crippen molar-refractivity contribution < 1.29 is 29.3 Å². The molecule has 1 aliphatic heterocycles. The quantitative estimate of drug-likeness (QED) is 0.152. The molecule has 1 aliphatic rings. The minimum absolute atomic E-state index is 0.145. The van der Waals surface area contributed by atoms with Crippen LogP contribution in [0.1, 0.15) is 11.8 Å². The number of amides is 3. The number of hydrogen-bond acceptors (Lipinski definition) is 11. The second-order valence-corrected chi connectivity index (χ2v) is 11.2. The maximum Gasteiger partial charge on any atom is 0.325 e. The Kier molecular flexibility index (Phi) is 9.79. The second-order valence-electron chi connectivity index (χ2n) is 10.3. The summed E-state index contributed by atoms with van der Waals surface area (Å²) in [5.74, 6) is 0.666. The highest BCUT2D eigenvalue weighted by Gasteiger charge is 2.46. The van der Waals surface area contributed by atoms with Crippen LogP contribution in [-0.4, -0.2) is 93.8 Å². The van der Waals surface area contributed by atoms with Gasteiger partial charge in [-0.3, -0.25) is 14.1 Å². The number of anilines is 1. The monoisotopic (exact) mass is 622 g/mol. The third-order valence-electron chi connectivity index (χ3n) is 7.13. The number of nitrogens with one attached hydrogen (secondary N) is 3. The third-order valence-corrected chi connectivity index (χ3v) is 7.92. The van der Waals surface area contributed by atoms with Gasteiger partial charge in [-0.05, 0) is 41.8 Å². The predicted octanol–water partition coefficient (Wildman–Crippen LogP) is 1.25. The number of carbonyl (C=O) groups excluding carboxylic acids is 2. The molecule has 44 heavy (non-hydrogen) atoms. The zero-order valence-electron chi connectivity index (χ0n) is 24.3. The summed E-state index contributed by atoms with van der Waals surface area (Å²) in [4.78, 5) is 42.1. The van der Waals surface area contributed by atoms with Crippen LogP contribution < -0.4 is 25.0 Å². The van der Waals surface area contributed by atoms with Crippen LogP contribution in [0.15, 0.2) is 72.1 Å². The Morgan fingerprint density at radius 1 is 1.11 bits per heavy atom. The number of fused-ring (bicyclic) bond motifs is 1. The maximum absolute atomic E-state index is 13.7. The highest BCUT2D eigenvalue weighted by molar-refractivity contribution is 7.98. The molecular formula is C29H34N8O6S. The van der Waals surface area contributed by atoms with Crippen LogP contribution in [0.2, 0.25) is 0 Å². The van der Waals surface area contributed by atoms with Gasteiger partial charge in [-0.2, -0.15) is 0 Å². The topological polar surface area (TPSA) is 176 Å². The van der Waals surface area contributed by atoms with E-state index in [9.17, 15) is 19.8 Å². The Morgan fingerprint density at radius 2 is 1.86 bits per heavy atom. The fourth-order valence-corrected chi connectivity index (χ4v) is 5.48. The zero-order chi connectivity index (χ0) is 31.2. The van der Waals surface area contributed by atoms with E-state index in [1.807, 2.05) is 44.4 Å². The van der Waals surface area contributed by atoms with Crippen molar-refractivity contribution in [1.29, 1.82) is 0 Å². The van der Waals surface area contributed by atoms with Gasteiger partial charge >= 0.3 is 6.03 Å². The van der Waals surface area contributed by atoms with Crippen molar-refractivity contribution in [2.24, 2.45) is 0 Å². The van der Waals surface area contributed by atoms with Gasteiger partial charge in [0, 0.05) is 25.4 Å². The lowest BCUT2D eigenvalue weighted by Gasteiger charge is -2.25. The van der Waals surface area contributed by atoms with Crippen molar-refractivity contribution in [3.8, 4) is 5.75 Å². The molecule has 5 N–H and O–H groups in total. The average Bonchev–Trinajstić information content (AvgIpc) is 3.60. The Hall–Kier alpha value is -4.44. The van der Waals surface area contributed by atoms with Gasteiger partial charge in [0.15, 0.2) is 23.2 Å². The molecule has 4 aromatic rings. The summed E-state index contributed by atoms with van der Waals surface area (Å²) >= 11 is 1.11. The number of aliphatic hydroxyl groups excluding tert-OH is 2. The maximum atomic E-state index is 13.7. The van der Waals surface area contributed by atoms with Crippen molar-refractivity contribution in [1.82, 2.24) is 34.9 Å². The number of rotatable bonds is 11. The molecule has 1 unspecified atom stereocenters. The molecule has 5 rings (SSSR count). The van der Waals surface area contributed by atoms with E-state index < -0.39 is 49.1 Å². The molecule has 2 aromatic carbocycles. The van der Waals surface area contributed by atoms with Crippen molar-refractivity contribution in [3.05, 3.63) is 72.8 Å². The first kappa shape index (κ1) is 31.0. The van der Waals surface area contributed by atoms with Gasteiger partial charge in [0.25, 0.3) is 0 Å². The Balaban J connectivity index is 1.33. The molecule has 3 amide bonds. The zero-order valence-corrected chi connectivity index (χ0v) is 25.1. The van der Waals surface area contributed by atoms with Gasteiger partial charge in [0.05, 0.1) is 26.1 Å². The largest absolute Gasteiger partial charge is 0.497 e. The van der Waals surface area contributed by atoms with Gasteiger partial charge < -0.3 is 35.2 Å². The molecule has 1 fully saturated rings. The number of ether oxygens (including phenoxy) is 2. The van der Waals surface area contributed by atoms with E-state index >= 15 is 0 Å². The molecular weight excluding hydrogens is 588 g/mol. The summed E-state index contributed by atoms with van der Waals surface area (Å²) in [7, 11) is 5.21. The van der Waals surface area contributed by atoms with E-state index in [0.717, 1.165) is 22.4 Å². The van der Waals surface area contributed by atoms with E-state index in [1.165, 1.54) is 12.7 Å². The smallest absolute Gasteiger partial charge is 0.325 e. The number of imidazole rings is 1. The van der Waals surface area contributed by atoms with Crippen molar-refractivity contribution >= 4 is 40.9 Å². The first-order valence-electron chi connectivity index (χ1n) is 13.8. The number of nitrogens with zero attached hydrogens (tertiary/aromatic N) is 5. The van der Waals surface area contributed by atoms with Crippen molar-refractivity contribution in [2.75, 3.05) is 32.7 Å².